The second-order valence-corrected chi connectivity index (χ2v) is 5.05. The first kappa shape index (κ1) is 16.7. The van der Waals surface area contributed by atoms with Gasteiger partial charge in [-0.15, -0.1) is 0 Å². The van der Waals surface area contributed by atoms with Gasteiger partial charge in [-0.3, -0.25) is 4.79 Å². The van der Waals surface area contributed by atoms with Crippen LogP contribution < -0.4 is 19.5 Å². The molecule has 0 saturated carbocycles. The highest BCUT2D eigenvalue weighted by molar-refractivity contribution is 5.98. The number of carbonyl (C=O) groups is 1. The van der Waals surface area contributed by atoms with Gasteiger partial charge in [0, 0.05) is 6.54 Å². The lowest BCUT2D eigenvalue weighted by molar-refractivity contribution is 0.0947. The number of hydrogen-bond acceptors (Lipinski definition) is 4. The SMILES string of the molecule is COc1ccc(C(=O)NCc2cccc(C)c2)c(OC)c1OC. The average molecular weight is 315 g/mol. The van der Waals surface area contributed by atoms with Crippen LogP contribution in [-0.4, -0.2) is 27.2 Å². The van der Waals surface area contributed by atoms with Crippen molar-refractivity contribution < 1.29 is 19.0 Å². The first-order valence-electron chi connectivity index (χ1n) is 7.23. The van der Waals surface area contributed by atoms with Gasteiger partial charge in [-0.1, -0.05) is 29.8 Å². The number of nitrogens with one attached hydrogen (secondary N) is 1. The van der Waals surface area contributed by atoms with E-state index in [0.29, 0.717) is 29.4 Å². The van der Waals surface area contributed by atoms with E-state index in [4.69, 9.17) is 14.2 Å². The summed E-state index contributed by atoms with van der Waals surface area (Å²) in [7, 11) is 4.54. The minimum Gasteiger partial charge on any atom is -0.493 e. The van der Waals surface area contributed by atoms with Crippen LogP contribution in [0.15, 0.2) is 36.4 Å². The van der Waals surface area contributed by atoms with Crippen molar-refractivity contribution in [3.63, 3.8) is 0 Å². The molecule has 0 bridgehead atoms. The van der Waals surface area contributed by atoms with Crippen LogP contribution in [0.2, 0.25) is 0 Å². The molecule has 1 N–H and O–H groups in total. The maximum Gasteiger partial charge on any atom is 0.255 e. The van der Waals surface area contributed by atoms with Crippen LogP contribution in [-0.2, 0) is 6.54 Å². The lowest BCUT2D eigenvalue weighted by atomic mass is 10.1. The van der Waals surface area contributed by atoms with Crippen molar-refractivity contribution in [2.45, 2.75) is 13.5 Å². The Morgan fingerprint density at radius 1 is 1.00 bits per heavy atom. The topological polar surface area (TPSA) is 56.8 Å². The molecule has 0 unspecified atom stereocenters. The maximum absolute atomic E-state index is 12.5. The Morgan fingerprint density at radius 3 is 2.35 bits per heavy atom. The van der Waals surface area contributed by atoms with Crippen molar-refractivity contribution in [2.24, 2.45) is 0 Å². The van der Waals surface area contributed by atoms with Gasteiger partial charge in [-0.25, -0.2) is 0 Å². The Hall–Kier alpha value is -2.69. The molecule has 122 valence electrons. The number of aryl methyl sites for hydroxylation is 1. The van der Waals surface area contributed by atoms with E-state index in [-0.39, 0.29) is 5.91 Å². The normalized spacial score (nSPS) is 10.1. The van der Waals surface area contributed by atoms with Gasteiger partial charge in [0.15, 0.2) is 11.5 Å². The molecule has 0 fully saturated rings. The Bertz CT molecular complexity index is 697. The molecule has 0 spiro atoms. The number of benzene rings is 2. The van der Waals surface area contributed by atoms with Gasteiger partial charge in [0.2, 0.25) is 5.75 Å². The van der Waals surface area contributed by atoms with Crippen LogP contribution in [0.25, 0.3) is 0 Å². The Morgan fingerprint density at radius 2 is 1.74 bits per heavy atom. The van der Waals surface area contributed by atoms with E-state index in [1.807, 2.05) is 31.2 Å². The molecule has 0 aliphatic carbocycles. The summed E-state index contributed by atoms with van der Waals surface area (Å²) in [5, 5.41) is 2.89. The third-order valence-electron chi connectivity index (χ3n) is 3.48. The van der Waals surface area contributed by atoms with Crippen LogP contribution in [0.5, 0.6) is 17.2 Å². The van der Waals surface area contributed by atoms with Gasteiger partial charge in [-0.2, -0.15) is 0 Å². The zero-order chi connectivity index (χ0) is 16.8. The van der Waals surface area contributed by atoms with Crippen LogP contribution in [0.3, 0.4) is 0 Å². The molecule has 0 radical (unpaired) electrons. The standard InChI is InChI=1S/C18H21NO4/c1-12-6-5-7-13(10-12)11-19-18(20)14-8-9-15(21-2)17(23-4)16(14)22-3/h5-10H,11H2,1-4H3,(H,19,20). The largest absolute Gasteiger partial charge is 0.493 e. The minimum atomic E-state index is -0.232. The first-order chi connectivity index (χ1) is 11.1. The Balaban J connectivity index is 2.22. The average Bonchev–Trinajstić information content (AvgIpc) is 2.58. The number of rotatable bonds is 6. The zero-order valence-corrected chi connectivity index (χ0v) is 13.8. The molecule has 0 saturated heterocycles. The zero-order valence-electron chi connectivity index (χ0n) is 13.8. The van der Waals surface area contributed by atoms with E-state index < -0.39 is 0 Å². The van der Waals surface area contributed by atoms with Gasteiger partial charge >= 0.3 is 0 Å². The second-order valence-electron chi connectivity index (χ2n) is 5.05. The van der Waals surface area contributed by atoms with E-state index in [1.54, 1.807) is 12.1 Å². The van der Waals surface area contributed by atoms with E-state index in [0.717, 1.165) is 11.1 Å². The third kappa shape index (κ3) is 3.74. The van der Waals surface area contributed by atoms with Crippen LogP contribution >= 0.6 is 0 Å². The summed E-state index contributed by atoms with van der Waals surface area (Å²) in [5.74, 6) is 1.04. The molecule has 1 amide bonds. The number of ether oxygens (including phenoxy) is 3. The Kier molecular flexibility index (Phi) is 5.46. The van der Waals surface area contributed by atoms with Gasteiger partial charge < -0.3 is 19.5 Å². The predicted octanol–water partition coefficient (Wildman–Crippen LogP) is 2.95. The van der Waals surface area contributed by atoms with Crippen molar-refractivity contribution in [1.82, 2.24) is 5.32 Å². The van der Waals surface area contributed by atoms with Crippen LogP contribution in [0, 0.1) is 6.92 Å². The Labute approximate surface area is 136 Å². The minimum absolute atomic E-state index is 0.232. The number of amides is 1. The molecule has 2 aromatic rings. The summed E-state index contributed by atoms with van der Waals surface area (Å²) in [4.78, 5) is 12.5. The fourth-order valence-corrected chi connectivity index (χ4v) is 2.38. The highest BCUT2D eigenvalue weighted by Gasteiger charge is 2.20. The van der Waals surface area contributed by atoms with Crippen molar-refractivity contribution in [3.8, 4) is 17.2 Å². The molecule has 5 heteroatoms. The fourth-order valence-electron chi connectivity index (χ4n) is 2.38. The third-order valence-corrected chi connectivity index (χ3v) is 3.48. The van der Waals surface area contributed by atoms with E-state index in [1.165, 1.54) is 21.3 Å². The fraction of sp³-hybridized carbons (Fsp3) is 0.278. The van der Waals surface area contributed by atoms with Gasteiger partial charge in [0.1, 0.15) is 0 Å². The first-order valence-corrected chi connectivity index (χ1v) is 7.23. The van der Waals surface area contributed by atoms with Crippen molar-refractivity contribution in [1.29, 1.82) is 0 Å². The van der Waals surface area contributed by atoms with Gasteiger partial charge in [0.05, 0.1) is 26.9 Å². The molecule has 2 aromatic carbocycles. The molecule has 5 nitrogen and oxygen atoms in total. The lowest BCUT2D eigenvalue weighted by Crippen LogP contribution is -2.23. The molecule has 0 aromatic heterocycles. The van der Waals surface area contributed by atoms with Crippen LogP contribution in [0.4, 0.5) is 0 Å². The summed E-state index contributed by atoms with van der Waals surface area (Å²) in [6, 6.07) is 11.3. The van der Waals surface area contributed by atoms with E-state index in [9.17, 15) is 4.79 Å². The second kappa shape index (κ2) is 7.54. The lowest BCUT2D eigenvalue weighted by Gasteiger charge is -2.15. The smallest absolute Gasteiger partial charge is 0.255 e. The van der Waals surface area contributed by atoms with Crippen molar-refractivity contribution in [3.05, 3.63) is 53.1 Å². The molecule has 23 heavy (non-hydrogen) atoms. The molecule has 0 atom stereocenters. The molecule has 2 rings (SSSR count). The van der Waals surface area contributed by atoms with E-state index >= 15 is 0 Å². The van der Waals surface area contributed by atoms with Crippen LogP contribution in [0.1, 0.15) is 21.5 Å². The molecular formula is C18H21NO4. The number of carbonyl (C=O) groups excluding carboxylic acids is 1. The van der Waals surface area contributed by atoms with Crippen molar-refractivity contribution >= 4 is 5.91 Å². The summed E-state index contributed by atoms with van der Waals surface area (Å²) in [5.41, 5.74) is 2.59. The molecule has 0 aliphatic rings. The predicted molar refractivity (Wildman–Crippen MR) is 88.4 cm³/mol. The maximum atomic E-state index is 12.5. The molecule has 0 aliphatic heterocycles. The summed E-state index contributed by atoms with van der Waals surface area (Å²) in [6.07, 6.45) is 0. The molecular weight excluding hydrogens is 294 g/mol. The molecule has 0 heterocycles. The van der Waals surface area contributed by atoms with E-state index in [2.05, 4.69) is 5.32 Å². The van der Waals surface area contributed by atoms with Gasteiger partial charge in [0.25, 0.3) is 5.91 Å². The number of methoxy groups -OCH3 is 3. The summed E-state index contributed by atoms with van der Waals surface area (Å²) < 4.78 is 15.9. The summed E-state index contributed by atoms with van der Waals surface area (Å²) in [6.45, 7) is 2.46. The number of hydrogen-bond donors (Lipinski definition) is 1. The quantitative estimate of drug-likeness (QED) is 0.890. The van der Waals surface area contributed by atoms with Crippen molar-refractivity contribution in [2.75, 3.05) is 21.3 Å². The van der Waals surface area contributed by atoms with Gasteiger partial charge in [-0.05, 0) is 24.6 Å². The highest BCUT2D eigenvalue weighted by Crippen LogP contribution is 2.39. The monoisotopic (exact) mass is 315 g/mol. The highest BCUT2D eigenvalue weighted by atomic mass is 16.5. The summed E-state index contributed by atoms with van der Waals surface area (Å²) >= 11 is 0.